The number of hydrogen-bond donors (Lipinski definition) is 2. The van der Waals surface area contributed by atoms with Gasteiger partial charge < -0.3 is 15.0 Å². The summed E-state index contributed by atoms with van der Waals surface area (Å²) in [4.78, 5) is 4.36. The Hall–Kier alpha value is -1.60. The minimum absolute atomic E-state index is 0.129. The van der Waals surface area contributed by atoms with E-state index in [-0.39, 0.29) is 18.1 Å². The van der Waals surface area contributed by atoms with Crippen molar-refractivity contribution in [3.8, 4) is 0 Å². The van der Waals surface area contributed by atoms with Crippen LogP contribution in [-0.4, -0.2) is 27.3 Å². The Labute approximate surface area is 139 Å². The highest BCUT2D eigenvalue weighted by Gasteiger charge is 2.31. The van der Waals surface area contributed by atoms with Gasteiger partial charge in [-0.1, -0.05) is 13.8 Å². The lowest BCUT2D eigenvalue weighted by atomic mass is 10.0. The number of alkyl halides is 3. The molecule has 0 saturated heterocycles. The molecule has 1 aromatic heterocycles. The van der Waals surface area contributed by atoms with Crippen molar-refractivity contribution < 1.29 is 18.3 Å². The van der Waals surface area contributed by atoms with Gasteiger partial charge in [0, 0.05) is 7.05 Å². The summed E-state index contributed by atoms with van der Waals surface area (Å²) in [5.74, 6) is 0.863. The first-order valence-electron chi connectivity index (χ1n) is 8.06. The quantitative estimate of drug-likeness (QED) is 0.842. The maximum atomic E-state index is 12.8. The lowest BCUT2D eigenvalue weighted by Gasteiger charge is -2.17. The fourth-order valence-corrected chi connectivity index (χ4v) is 2.65. The number of aliphatic hydroxyl groups excluding tert-OH is 1. The van der Waals surface area contributed by atoms with Gasteiger partial charge in [-0.2, -0.15) is 13.2 Å². The third kappa shape index (κ3) is 4.08. The number of nitrogens with zero attached hydrogens (tertiary/aromatic N) is 2. The van der Waals surface area contributed by atoms with E-state index in [9.17, 15) is 18.3 Å². The van der Waals surface area contributed by atoms with Crippen molar-refractivity contribution in [1.29, 1.82) is 0 Å². The number of halogens is 3. The lowest BCUT2D eigenvalue weighted by molar-refractivity contribution is -0.137. The van der Waals surface area contributed by atoms with Gasteiger partial charge in [0.1, 0.15) is 5.82 Å². The number of nitrogens with one attached hydrogen (secondary N) is 1. The van der Waals surface area contributed by atoms with Gasteiger partial charge in [-0.25, -0.2) is 4.98 Å². The molecule has 134 valence electrons. The van der Waals surface area contributed by atoms with E-state index < -0.39 is 11.7 Å². The largest absolute Gasteiger partial charge is 0.416 e. The summed E-state index contributed by atoms with van der Waals surface area (Å²) in [5, 5.41) is 13.1. The molecule has 2 unspecified atom stereocenters. The van der Waals surface area contributed by atoms with Gasteiger partial charge in [0.2, 0.25) is 0 Å². The van der Waals surface area contributed by atoms with E-state index >= 15 is 0 Å². The minimum Gasteiger partial charge on any atom is -0.393 e. The Morgan fingerprint density at radius 1 is 1.25 bits per heavy atom. The van der Waals surface area contributed by atoms with Crippen LogP contribution in [0.4, 0.5) is 13.2 Å². The predicted octanol–water partition coefficient (Wildman–Crippen LogP) is 3.65. The number of imidazole rings is 1. The van der Waals surface area contributed by atoms with Crippen molar-refractivity contribution in [1.82, 2.24) is 14.9 Å². The second kappa shape index (κ2) is 7.11. The van der Waals surface area contributed by atoms with Crippen LogP contribution in [0.1, 0.15) is 44.6 Å². The smallest absolute Gasteiger partial charge is 0.393 e. The van der Waals surface area contributed by atoms with Gasteiger partial charge in [0.15, 0.2) is 0 Å². The Bertz CT molecular complexity index is 694. The van der Waals surface area contributed by atoms with Gasteiger partial charge in [0.05, 0.1) is 28.7 Å². The molecular formula is C17H24F3N3O. The molecule has 2 atom stereocenters. The molecule has 2 rings (SSSR count). The third-order valence-electron chi connectivity index (χ3n) is 4.29. The first kappa shape index (κ1) is 18.7. The van der Waals surface area contributed by atoms with Gasteiger partial charge in [0.25, 0.3) is 0 Å². The molecule has 2 N–H and O–H groups in total. The van der Waals surface area contributed by atoms with Crippen LogP contribution in [-0.2, 0) is 13.2 Å². The summed E-state index contributed by atoms with van der Waals surface area (Å²) < 4.78 is 40.3. The molecule has 7 heteroatoms. The van der Waals surface area contributed by atoms with Crippen LogP contribution in [0.15, 0.2) is 18.2 Å². The van der Waals surface area contributed by atoms with Gasteiger partial charge in [-0.05, 0) is 44.0 Å². The molecule has 0 fully saturated rings. The van der Waals surface area contributed by atoms with E-state index in [1.807, 2.05) is 20.8 Å². The molecule has 2 aromatic rings. The van der Waals surface area contributed by atoms with E-state index in [0.717, 1.165) is 12.1 Å². The predicted molar refractivity (Wildman–Crippen MR) is 87.6 cm³/mol. The molecule has 4 nitrogen and oxygen atoms in total. The molecule has 1 heterocycles. The molecule has 0 bridgehead atoms. The number of aromatic nitrogens is 2. The molecule has 0 saturated carbocycles. The molecule has 24 heavy (non-hydrogen) atoms. The molecule has 1 aromatic carbocycles. The second-order valence-electron chi connectivity index (χ2n) is 6.51. The fraction of sp³-hybridized carbons (Fsp3) is 0.588. The van der Waals surface area contributed by atoms with Crippen molar-refractivity contribution >= 4 is 11.0 Å². The zero-order valence-corrected chi connectivity index (χ0v) is 14.4. The van der Waals surface area contributed by atoms with Gasteiger partial charge in [-0.3, -0.25) is 0 Å². The van der Waals surface area contributed by atoms with Crippen LogP contribution in [0.5, 0.6) is 0 Å². The Morgan fingerprint density at radius 2 is 1.92 bits per heavy atom. The molecular weight excluding hydrogens is 319 g/mol. The minimum atomic E-state index is -4.37. The SMILES string of the molecule is CC(NCCC(O)C(C)C)c1nc2cc(C(F)(F)F)ccc2n1C. The van der Waals surface area contributed by atoms with Gasteiger partial charge in [-0.15, -0.1) is 0 Å². The third-order valence-corrected chi connectivity index (χ3v) is 4.29. The molecule has 0 aliphatic carbocycles. The number of aliphatic hydroxyl groups is 1. The Balaban J connectivity index is 2.15. The summed E-state index contributed by atoms with van der Waals surface area (Å²) in [6.07, 6.45) is -4.13. The van der Waals surface area contributed by atoms with E-state index in [0.29, 0.717) is 29.8 Å². The molecule has 0 amide bonds. The Kier molecular flexibility index (Phi) is 5.55. The van der Waals surface area contributed by atoms with Crippen molar-refractivity contribution in [2.45, 2.75) is 45.5 Å². The van der Waals surface area contributed by atoms with Crippen molar-refractivity contribution in [2.75, 3.05) is 6.54 Å². The number of benzene rings is 1. The first-order chi connectivity index (χ1) is 11.1. The lowest BCUT2D eigenvalue weighted by Crippen LogP contribution is -2.27. The summed E-state index contributed by atoms with van der Waals surface area (Å²) in [6, 6.07) is 3.47. The van der Waals surface area contributed by atoms with Gasteiger partial charge >= 0.3 is 6.18 Å². The van der Waals surface area contributed by atoms with Crippen LogP contribution in [0.3, 0.4) is 0 Å². The molecule has 0 aliphatic heterocycles. The standard InChI is InChI=1S/C17H24F3N3O/c1-10(2)15(24)7-8-21-11(3)16-22-13-9-12(17(18,19)20)5-6-14(13)23(16)4/h5-6,9-11,15,21,24H,7-8H2,1-4H3. The Morgan fingerprint density at radius 3 is 2.50 bits per heavy atom. The zero-order valence-electron chi connectivity index (χ0n) is 14.4. The number of aryl methyl sites for hydroxylation is 1. The number of fused-ring (bicyclic) bond motifs is 1. The maximum Gasteiger partial charge on any atom is 0.416 e. The van der Waals surface area contributed by atoms with Crippen LogP contribution < -0.4 is 5.32 Å². The van der Waals surface area contributed by atoms with Crippen molar-refractivity contribution in [2.24, 2.45) is 13.0 Å². The van der Waals surface area contributed by atoms with E-state index in [4.69, 9.17) is 0 Å². The van der Waals surface area contributed by atoms with Crippen LogP contribution >= 0.6 is 0 Å². The van der Waals surface area contributed by atoms with Crippen molar-refractivity contribution in [3.05, 3.63) is 29.6 Å². The second-order valence-corrected chi connectivity index (χ2v) is 6.51. The summed E-state index contributed by atoms with van der Waals surface area (Å²) in [5.41, 5.74) is 0.298. The van der Waals surface area contributed by atoms with Crippen LogP contribution in [0, 0.1) is 5.92 Å². The first-order valence-corrected chi connectivity index (χ1v) is 8.06. The average Bonchev–Trinajstić information content (AvgIpc) is 2.82. The fourth-order valence-electron chi connectivity index (χ4n) is 2.65. The highest BCUT2D eigenvalue weighted by Crippen LogP contribution is 2.31. The number of rotatable bonds is 6. The maximum absolute atomic E-state index is 12.8. The zero-order chi connectivity index (χ0) is 18.1. The van der Waals surface area contributed by atoms with E-state index in [1.165, 1.54) is 6.07 Å². The van der Waals surface area contributed by atoms with E-state index in [1.54, 1.807) is 11.6 Å². The molecule has 0 radical (unpaired) electrons. The average molecular weight is 343 g/mol. The van der Waals surface area contributed by atoms with Crippen LogP contribution in [0.2, 0.25) is 0 Å². The van der Waals surface area contributed by atoms with Crippen molar-refractivity contribution in [3.63, 3.8) is 0 Å². The van der Waals surface area contributed by atoms with Crippen LogP contribution in [0.25, 0.3) is 11.0 Å². The topological polar surface area (TPSA) is 50.1 Å². The highest BCUT2D eigenvalue weighted by molar-refractivity contribution is 5.77. The summed E-state index contributed by atoms with van der Waals surface area (Å²) in [6.45, 7) is 6.43. The highest BCUT2D eigenvalue weighted by atomic mass is 19.4. The summed E-state index contributed by atoms with van der Waals surface area (Å²) >= 11 is 0. The normalized spacial score (nSPS) is 15.2. The monoisotopic (exact) mass is 343 g/mol. The number of hydrogen-bond acceptors (Lipinski definition) is 3. The molecule has 0 aliphatic rings. The summed E-state index contributed by atoms with van der Waals surface area (Å²) in [7, 11) is 1.79. The molecule has 0 spiro atoms. The van der Waals surface area contributed by atoms with E-state index in [2.05, 4.69) is 10.3 Å².